The molecule has 7 heteroatoms. The maximum absolute atomic E-state index is 12.4. The summed E-state index contributed by atoms with van der Waals surface area (Å²) in [4.78, 5) is 16.8. The van der Waals surface area contributed by atoms with Gasteiger partial charge in [0.1, 0.15) is 0 Å². The zero-order valence-corrected chi connectivity index (χ0v) is 17.2. The van der Waals surface area contributed by atoms with Crippen LogP contribution in [-0.2, 0) is 17.9 Å². The second-order valence-corrected chi connectivity index (χ2v) is 7.94. The number of rotatable bonds is 5. The van der Waals surface area contributed by atoms with Gasteiger partial charge in [0.25, 0.3) is 0 Å². The van der Waals surface area contributed by atoms with Gasteiger partial charge in [0.05, 0.1) is 9.77 Å². The van der Waals surface area contributed by atoms with Crippen molar-refractivity contribution in [2.45, 2.75) is 26.4 Å². The van der Waals surface area contributed by atoms with E-state index in [0.29, 0.717) is 13.0 Å². The molecule has 1 aliphatic rings. The smallest absolute Gasteiger partial charge is 0.224 e. The Kier molecular flexibility index (Phi) is 6.35. The zero-order valence-electron chi connectivity index (χ0n) is 14.3. The van der Waals surface area contributed by atoms with Crippen molar-refractivity contribution in [3.05, 3.63) is 50.3 Å². The standard InChI is InChI=1S/C18H22ClIN4O/c1-14-17(20)12-21-24(14)6-5-18(25)23-9-7-22(8-10-23)13-15-3-2-4-16(19)11-15/h2-4,11-12H,5-10,13H2,1H3. The van der Waals surface area contributed by atoms with Crippen LogP contribution in [0.4, 0.5) is 0 Å². The van der Waals surface area contributed by atoms with E-state index in [2.05, 4.69) is 38.7 Å². The van der Waals surface area contributed by atoms with Gasteiger partial charge in [0, 0.05) is 56.4 Å². The van der Waals surface area contributed by atoms with Gasteiger partial charge >= 0.3 is 0 Å². The molecular formula is C18H22ClIN4O. The van der Waals surface area contributed by atoms with Crippen molar-refractivity contribution in [1.29, 1.82) is 0 Å². The summed E-state index contributed by atoms with van der Waals surface area (Å²) in [5, 5.41) is 5.09. The normalized spacial score (nSPS) is 15.6. The fraction of sp³-hybridized carbons (Fsp3) is 0.444. The number of halogens is 2. The van der Waals surface area contributed by atoms with Crippen molar-refractivity contribution in [3.63, 3.8) is 0 Å². The highest BCUT2D eigenvalue weighted by atomic mass is 127. The van der Waals surface area contributed by atoms with Gasteiger partial charge in [0.2, 0.25) is 5.91 Å². The molecule has 1 saturated heterocycles. The van der Waals surface area contributed by atoms with Crippen LogP contribution < -0.4 is 0 Å². The number of hydrogen-bond donors (Lipinski definition) is 0. The first kappa shape index (κ1) is 18.7. The molecule has 1 aromatic heterocycles. The number of carbonyl (C=O) groups excluding carboxylic acids is 1. The van der Waals surface area contributed by atoms with Crippen LogP contribution in [0.3, 0.4) is 0 Å². The summed E-state index contributed by atoms with van der Waals surface area (Å²) in [5.74, 6) is 0.215. The van der Waals surface area contributed by atoms with Gasteiger partial charge in [0.15, 0.2) is 0 Å². The molecule has 5 nitrogen and oxygen atoms in total. The summed E-state index contributed by atoms with van der Waals surface area (Å²) in [6.07, 6.45) is 2.35. The van der Waals surface area contributed by atoms with Crippen LogP contribution in [0.2, 0.25) is 5.02 Å². The third-order valence-electron chi connectivity index (χ3n) is 4.60. The topological polar surface area (TPSA) is 41.4 Å². The number of aromatic nitrogens is 2. The lowest BCUT2D eigenvalue weighted by Crippen LogP contribution is -2.48. The Hall–Kier alpha value is -1.12. The quantitative estimate of drug-likeness (QED) is 0.628. The van der Waals surface area contributed by atoms with Crippen molar-refractivity contribution < 1.29 is 4.79 Å². The Morgan fingerprint density at radius 1 is 1.28 bits per heavy atom. The molecule has 0 unspecified atom stereocenters. The zero-order chi connectivity index (χ0) is 17.8. The molecule has 134 valence electrons. The van der Waals surface area contributed by atoms with Crippen molar-refractivity contribution >= 4 is 40.1 Å². The van der Waals surface area contributed by atoms with Gasteiger partial charge in [-0.3, -0.25) is 14.4 Å². The van der Waals surface area contributed by atoms with Crippen LogP contribution >= 0.6 is 34.2 Å². The summed E-state index contributed by atoms with van der Waals surface area (Å²) < 4.78 is 3.05. The lowest BCUT2D eigenvalue weighted by molar-refractivity contribution is -0.133. The summed E-state index contributed by atoms with van der Waals surface area (Å²) in [5.41, 5.74) is 2.34. The minimum atomic E-state index is 0.215. The molecule has 1 aromatic carbocycles. The molecule has 25 heavy (non-hydrogen) atoms. The van der Waals surface area contributed by atoms with Crippen LogP contribution in [0.1, 0.15) is 17.7 Å². The molecule has 0 spiro atoms. The van der Waals surface area contributed by atoms with E-state index in [-0.39, 0.29) is 5.91 Å². The molecule has 1 fully saturated rings. The second kappa shape index (κ2) is 8.51. The largest absolute Gasteiger partial charge is 0.340 e. The minimum absolute atomic E-state index is 0.215. The number of benzene rings is 1. The molecule has 0 atom stereocenters. The molecular weight excluding hydrogens is 451 g/mol. The Balaban J connectivity index is 1.45. The van der Waals surface area contributed by atoms with Gasteiger partial charge in [-0.25, -0.2) is 0 Å². The summed E-state index contributed by atoms with van der Waals surface area (Å²) in [7, 11) is 0. The fourth-order valence-electron chi connectivity index (χ4n) is 3.06. The third-order valence-corrected chi connectivity index (χ3v) is 5.90. The van der Waals surface area contributed by atoms with Crippen LogP contribution in [0.5, 0.6) is 0 Å². The van der Waals surface area contributed by atoms with Crippen molar-refractivity contribution in [2.24, 2.45) is 0 Å². The summed E-state index contributed by atoms with van der Waals surface area (Å²) in [6, 6.07) is 7.98. The predicted molar refractivity (Wildman–Crippen MR) is 108 cm³/mol. The first-order valence-corrected chi connectivity index (χ1v) is 9.91. The molecule has 3 rings (SSSR count). The lowest BCUT2D eigenvalue weighted by atomic mass is 10.2. The van der Waals surface area contributed by atoms with Crippen LogP contribution in [0.15, 0.2) is 30.5 Å². The average Bonchev–Trinajstić information content (AvgIpc) is 2.92. The predicted octanol–water partition coefficient (Wildman–Crippen LogP) is 3.18. The van der Waals surface area contributed by atoms with E-state index in [1.54, 1.807) is 0 Å². The molecule has 0 N–H and O–H groups in total. The van der Waals surface area contributed by atoms with E-state index in [0.717, 1.165) is 47.0 Å². The number of amides is 1. The summed E-state index contributed by atoms with van der Waals surface area (Å²) in [6.45, 7) is 6.94. The molecule has 0 radical (unpaired) electrons. The fourth-order valence-corrected chi connectivity index (χ4v) is 3.67. The number of carbonyl (C=O) groups is 1. The number of hydrogen-bond acceptors (Lipinski definition) is 3. The molecule has 2 aromatic rings. The van der Waals surface area contributed by atoms with Crippen molar-refractivity contribution in [3.8, 4) is 0 Å². The van der Waals surface area contributed by atoms with E-state index in [1.165, 1.54) is 5.56 Å². The minimum Gasteiger partial charge on any atom is -0.340 e. The van der Waals surface area contributed by atoms with Crippen molar-refractivity contribution in [2.75, 3.05) is 26.2 Å². The lowest BCUT2D eigenvalue weighted by Gasteiger charge is -2.34. The first-order chi connectivity index (χ1) is 12.0. The van der Waals surface area contributed by atoms with Gasteiger partial charge in [-0.2, -0.15) is 5.10 Å². The SMILES string of the molecule is Cc1c(I)cnn1CCC(=O)N1CCN(Cc2cccc(Cl)c2)CC1. The number of piperazine rings is 1. The number of aryl methyl sites for hydroxylation is 1. The Morgan fingerprint density at radius 3 is 2.68 bits per heavy atom. The van der Waals surface area contributed by atoms with E-state index >= 15 is 0 Å². The average molecular weight is 473 g/mol. The Bertz CT molecular complexity index is 740. The Morgan fingerprint density at radius 2 is 2.04 bits per heavy atom. The maximum atomic E-state index is 12.4. The highest BCUT2D eigenvalue weighted by Crippen LogP contribution is 2.15. The molecule has 0 aliphatic carbocycles. The second-order valence-electron chi connectivity index (χ2n) is 6.34. The number of nitrogens with zero attached hydrogens (tertiary/aromatic N) is 4. The molecule has 0 bridgehead atoms. The van der Waals surface area contributed by atoms with Crippen LogP contribution in [0, 0.1) is 10.5 Å². The van der Waals surface area contributed by atoms with E-state index < -0.39 is 0 Å². The van der Waals surface area contributed by atoms with Crippen LogP contribution in [0.25, 0.3) is 0 Å². The first-order valence-electron chi connectivity index (χ1n) is 8.45. The Labute approximate surface area is 167 Å². The van der Waals surface area contributed by atoms with Crippen LogP contribution in [-0.4, -0.2) is 51.7 Å². The summed E-state index contributed by atoms with van der Waals surface area (Å²) >= 11 is 8.31. The van der Waals surface area contributed by atoms with Gasteiger partial charge in [-0.05, 0) is 47.2 Å². The molecule has 2 heterocycles. The van der Waals surface area contributed by atoms with Gasteiger partial charge in [-0.1, -0.05) is 23.7 Å². The van der Waals surface area contributed by atoms with Crippen molar-refractivity contribution in [1.82, 2.24) is 19.6 Å². The highest BCUT2D eigenvalue weighted by molar-refractivity contribution is 14.1. The maximum Gasteiger partial charge on any atom is 0.224 e. The van der Waals surface area contributed by atoms with E-state index in [4.69, 9.17) is 11.6 Å². The van der Waals surface area contributed by atoms with E-state index in [1.807, 2.05) is 40.9 Å². The van der Waals surface area contributed by atoms with E-state index in [9.17, 15) is 4.79 Å². The molecule has 1 amide bonds. The highest BCUT2D eigenvalue weighted by Gasteiger charge is 2.21. The monoisotopic (exact) mass is 472 g/mol. The molecule has 1 aliphatic heterocycles. The van der Waals surface area contributed by atoms with Gasteiger partial charge < -0.3 is 4.90 Å². The molecule has 0 saturated carbocycles. The third kappa shape index (κ3) is 4.95. The van der Waals surface area contributed by atoms with Gasteiger partial charge in [-0.15, -0.1) is 0 Å².